The third-order valence-corrected chi connectivity index (χ3v) is 3.79. The first-order chi connectivity index (χ1) is 6.64. The van der Waals surface area contributed by atoms with Gasteiger partial charge in [-0.05, 0) is 12.0 Å². The summed E-state index contributed by atoms with van der Waals surface area (Å²) in [5, 5.41) is 0. The molecule has 0 unspecified atom stereocenters. The predicted molar refractivity (Wildman–Crippen MR) is 66.7 cm³/mol. The van der Waals surface area contributed by atoms with E-state index in [4.69, 9.17) is 0 Å². The van der Waals surface area contributed by atoms with Gasteiger partial charge in [0.2, 0.25) is 0 Å². The quantitative estimate of drug-likeness (QED) is 0.686. The number of benzene rings is 1. The fraction of sp³-hybridized carbons (Fsp3) is 0.538. The van der Waals surface area contributed by atoms with Crippen LogP contribution >= 0.6 is 11.8 Å². The summed E-state index contributed by atoms with van der Waals surface area (Å²) in [5.74, 6) is 1.13. The molecule has 1 rings (SSSR count). The molecule has 0 aromatic heterocycles. The standard InChI is InChI=1S/C13H20S/c1-4-10-13(2,3)14-11-12-8-6-5-7-9-12/h5-9H,4,10-11H2,1-3H3. The summed E-state index contributed by atoms with van der Waals surface area (Å²) in [6.45, 7) is 6.93. The molecule has 0 radical (unpaired) electrons. The molecule has 1 heteroatoms. The second-order valence-electron chi connectivity index (χ2n) is 4.28. The fourth-order valence-electron chi connectivity index (χ4n) is 1.53. The van der Waals surface area contributed by atoms with Crippen LogP contribution in [0.15, 0.2) is 30.3 Å². The van der Waals surface area contributed by atoms with Gasteiger partial charge in [0.1, 0.15) is 0 Å². The zero-order chi connectivity index (χ0) is 10.4. The molecule has 0 aliphatic rings. The van der Waals surface area contributed by atoms with Crippen LogP contribution in [0, 0.1) is 0 Å². The Morgan fingerprint density at radius 2 is 1.79 bits per heavy atom. The molecule has 0 saturated carbocycles. The Labute approximate surface area is 92.1 Å². The monoisotopic (exact) mass is 208 g/mol. The minimum Gasteiger partial charge on any atom is -0.151 e. The van der Waals surface area contributed by atoms with Crippen molar-refractivity contribution in [1.82, 2.24) is 0 Å². The van der Waals surface area contributed by atoms with Gasteiger partial charge in [0.25, 0.3) is 0 Å². The van der Waals surface area contributed by atoms with E-state index in [1.165, 1.54) is 18.4 Å². The van der Waals surface area contributed by atoms with E-state index in [9.17, 15) is 0 Å². The van der Waals surface area contributed by atoms with Crippen LogP contribution in [0.25, 0.3) is 0 Å². The van der Waals surface area contributed by atoms with Gasteiger partial charge in [0.15, 0.2) is 0 Å². The van der Waals surface area contributed by atoms with Crippen molar-refractivity contribution < 1.29 is 0 Å². The van der Waals surface area contributed by atoms with Crippen molar-refractivity contribution in [1.29, 1.82) is 0 Å². The molecule has 0 aliphatic carbocycles. The summed E-state index contributed by atoms with van der Waals surface area (Å²) < 4.78 is 0.421. The van der Waals surface area contributed by atoms with Gasteiger partial charge in [-0.15, -0.1) is 0 Å². The zero-order valence-electron chi connectivity index (χ0n) is 9.42. The molecule has 0 nitrogen and oxygen atoms in total. The maximum absolute atomic E-state index is 2.34. The summed E-state index contributed by atoms with van der Waals surface area (Å²) in [7, 11) is 0. The van der Waals surface area contributed by atoms with E-state index in [1.807, 2.05) is 0 Å². The first-order valence-corrected chi connectivity index (χ1v) is 6.30. The Morgan fingerprint density at radius 3 is 2.36 bits per heavy atom. The fourth-order valence-corrected chi connectivity index (χ4v) is 2.63. The number of hydrogen-bond donors (Lipinski definition) is 0. The molecule has 1 aromatic carbocycles. The molecule has 78 valence electrons. The minimum atomic E-state index is 0.421. The number of thioether (sulfide) groups is 1. The van der Waals surface area contributed by atoms with Crippen LogP contribution in [-0.2, 0) is 5.75 Å². The Balaban J connectivity index is 2.40. The van der Waals surface area contributed by atoms with Gasteiger partial charge in [0.05, 0.1) is 0 Å². The van der Waals surface area contributed by atoms with Gasteiger partial charge < -0.3 is 0 Å². The Kier molecular flexibility index (Phi) is 4.53. The van der Waals surface area contributed by atoms with Crippen LogP contribution < -0.4 is 0 Å². The highest BCUT2D eigenvalue weighted by Gasteiger charge is 2.16. The van der Waals surface area contributed by atoms with Gasteiger partial charge in [0, 0.05) is 10.5 Å². The highest BCUT2D eigenvalue weighted by Crippen LogP contribution is 2.31. The second kappa shape index (κ2) is 5.45. The molecule has 0 bridgehead atoms. The number of hydrogen-bond acceptors (Lipinski definition) is 1. The minimum absolute atomic E-state index is 0.421. The first kappa shape index (κ1) is 11.6. The predicted octanol–water partition coefficient (Wildman–Crippen LogP) is 4.50. The van der Waals surface area contributed by atoms with E-state index in [1.54, 1.807) is 0 Å². The Hall–Kier alpha value is -0.430. The summed E-state index contributed by atoms with van der Waals surface area (Å²) in [4.78, 5) is 0. The summed E-state index contributed by atoms with van der Waals surface area (Å²) in [5.41, 5.74) is 1.43. The third-order valence-electron chi connectivity index (χ3n) is 2.32. The van der Waals surface area contributed by atoms with Crippen molar-refractivity contribution in [3.8, 4) is 0 Å². The molecule has 14 heavy (non-hydrogen) atoms. The highest BCUT2D eigenvalue weighted by atomic mass is 32.2. The molecule has 0 atom stereocenters. The Morgan fingerprint density at radius 1 is 1.14 bits per heavy atom. The summed E-state index contributed by atoms with van der Waals surface area (Å²) >= 11 is 2.06. The van der Waals surface area contributed by atoms with E-state index in [0.29, 0.717) is 4.75 Å². The van der Waals surface area contributed by atoms with Crippen molar-refractivity contribution in [3.05, 3.63) is 35.9 Å². The van der Waals surface area contributed by atoms with Gasteiger partial charge in [-0.3, -0.25) is 0 Å². The zero-order valence-corrected chi connectivity index (χ0v) is 10.2. The highest BCUT2D eigenvalue weighted by molar-refractivity contribution is 7.99. The second-order valence-corrected chi connectivity index (χ2v) is 5.97. The lowest BCUT2D eigenvalue weighted by Crippen LogP contribution is -2.13. The maximum Gasteiger partial charge on any atom is 0.0189 e. The van der Waals surface area contributed by atoms with Crippen LogP contribution in [0.4, 0.5) is 0 Å². The van der Waals surface area contributed by atoms with Crippen LogP contribution in [-0.4, -0.2) is 4.75 Å². The molecule has 0 heterocycles. The van der Waals surface area contributed by atoms with E-state index in [-0.39, 0.29) is 0 Å². The largest absolute Gasteiger partial charge is 0.151 e. The van der Waals surface area contributed by atoms with E-state index in [0.717, 1.165) is 5.75 Å². The molecular weight excluding hydrogens is 188 g/mol. The topological polar surface area (TPSA) is 0 Å². The average Bonchev–Trinajstić information content (AvgIpc) is 2.17. The first-order valence-electron chi connectivity index (χ1n) is 5.32. The van der Waals surface area contributed by atoms with E-state index >= 15 is 0 Å². The van der Waals surface area contributed by atoms with E-state index in [2.05, 4.69) is 62.9 Å². The lowest BCUT2D eigenvalue weighted by molar-refractivity contribution is 0.626. The lowest BCUT2D eigenvalue weighted by Gasteiger charge is -2.23. The maximum atomic E-state index is 2.34. The summed E-state index contributed by atoms with van der Waals surface area (Å²) in [6.07, 6.45) is 2.57. The van der Waals surface area contributed by atoms with Crippen LogP contribution in [0.1, 0.15) is 39.2 Å². The lowest BCUT2D eigenvalue weighted by atomic mass is 10.1. The molecule has 0 spiro atoms. The molecule has 0 amide bonds. The van der Waals surface area contributed by atoms with Crippen molar-refractivity contribution in [2.75, 3.05) is 0 Å². The molecule has 1 aromatic rings. The molecule has 0 saturated heterocycles. The normalized spacial score (nSPS) is 11.6. The van der Waals surface area contributed by atoms with E-state index < -0.39 is 0 Å². The number of rotatable bonds is 5. The Bertz CT molecular complexity index is 251. The van der Waals surface area contributed by atoms with Crippen LogP contribution in [0.5, 0.6) is 0 Å². The van der Waals surface area contributed by atoms with Crippen LogP contribution in [0.3, 0.4) is 0 Å². The van der Waals surface area contributed by atoms with Gasteiger partial charge in [-0.25, -0.2) is 0 Å². The van der Waals surface area contributed by atoms with Crippen molar-refractivity contribution >= 4 is 11.8 Å². The molecule has 0 fully saturated rings. The molecular formula is C13H20S. The van der Waals surface area contributed by atoms with Crippen molar-refractivity contribution in [3.63, 3.8) is 0 Å². The smallest absolute Gasteiger partial charge is 0.0189 e. The van der Waals surface area contributed by atoms with Crippen LogP contribution in [0.2, 0.25) is 0 Å². The van der Waals surface area contributed by atoms with Gasteiger partial charge in [-0.1, -0.05) is 57.5 Å². The van der Waals surface area contributed by atoms with Crippen molar-refractivity contribution in [2.24, 2.45) is 0 Å². The summed E-state index contributed by atoms with van der Waals surface area (Å²) in [6, 6.07) is 10.7. The van der Waals surface area contributed by atoms with Gasteiger partial charge >= 0.3 is 0 Å². The third kappa shape index (κ3) is 4.19. The van der Waals surface area contributed by atoms with Gasteiger partial charge in [-0.2, -0.15) is 11.8 Å². The SMILES string of the molecule is CCCC(C)(C)SCc1ccccc1. The molecule has 0 N–H and O–H groups in total. The molecule has 0 aliphatic heterocycles. The average molecular weight is 208 g/mol. The van der Waals surface area contributed by atoms with Crippen molar-refractivity contribution in [2.45, 2.75) is 44.1 Å².